The Morgan fingerprint density at radius 2 is 1.78 bits per heavy atom. The molecule has 0 aliphatic rings. The quantitative estimate of drug-likeness (QED) is 0.618. The van der Waals surface area contributed by atoms with E-state index in [0.29, 0.717) is 5.75 Å². The van der Waals surface area contributed by atoms with E-state index in [4.69, 9.17) is 24.4 Å². The fourth-order valence-electron chi connectivity index (χ4n) is 2.26. The number of carbonyl (C=O) groups is 2. The first-order valence-electron chi connectivity index (χ1n) is 8.12. The predicted molar refractivity (Wildman–Crippen MR) is 97.2 cm³/mol. The van der Waals surface area contributed by atoms with E-state index in [1.54, 1.807) is 48.5 Å². The number of para-hydroxylation sites is 1. The highest BCUT2D eigenvalue weighted by molar-refractivity contribution is 5.90. The Morgan fingerprint density at radius 3 is 2.41 bits per heavy atom. The van der Waals surface area contributed by atoms with E-state index in [2.05, 4.69) is 0 Å². The summed E-state index contributed by atoms with van der Waals surface area (Å²) in [4.78, 5) is 22.0. The van der Waals surface area contributed by atoms with Crippen LogP contribution in [0.5, 0.6) is 11.5 Å². The fourth-order valence-corrected chi connectivity index (χ4v) is 2.26. The number of carboxylic acid groups (broad SMARTS) is 2. The van der Waals surface area contributed by atoms with Gasteiger partial charge in [0.2, 0.25) is 0 Å². The number of carboxylic acids is 2. The second-order valence-electron chi connectivity index (χ2n) is 5.51. The summed E-state index contributed by atoms with van der Waals surface area (Å²) in [6.45, 7) is 0.149. The van der Waals surface area contributed by atoms with E-state index in [1.807, 2.05) is 0 Å². The van der Waals surface area contributed by atoms with Crippen molar-refractivity contribution in [2.75, 3.05) is 13.7 Å². The van der Waals surface area contributed by atoms with Gasteiger partial charge in [-0.1, -0.05) is 24.3 Å². The number of hydrogen-bond donors (Lipinski definition) is 2. The average molecular weight is 372 g/mol. The summed E-state index contributed by atoms with van der Waals surface area (Å²) in [5.74, 6) is -1.20. The largest absolute Gasteiger partial charge is 0.489 e. The van der Waals surface area contributed by atoms with Crippen LogP contribution in [0.3, 0.4) is 0 Å². The lowest BCUT2D eigenvalue weighted by atomic mass is 10.1. The topological polar surface area (TPSA) is 102 Å². The molecule has 7 nitrogen and oxygen atoms in total. The lowest BCUT2D eigenvalue weighted by Gasteiger charge is -2.10. The minimum Gasteiger partial charge on any atom is -0.489 e. The summed E-state index contributed by atoms with van der Waals surface area (Å²) >= 11 is 0. The van der Waals surface area contributed by atoms with E-state index in [9.17, 15) is 9.59 Å². The van der Waals surface area contributed by atoms with Crippen LogP contribution < -0.4 is 9.47 Å². The number of rotatable bonds is 10. The predicted octanol–water partition coefficient (Wildman–Crippen LogP) is 3.00. The van der Waals surface area contributed by atoms with Crippen LogP contribution in [0.4, 0.5) is 0 Å². The zero-order chi connectivity index (χ0) is 19.6. The molecule has 0 fully saturated rings. The Hall–Kier alpha value is -3.32. The summed E-state index contributed by atoms with van der Waals surface area (Å²) in [6.07, 6.45) is 2.42. The third kappa shape index (κ3) is 6.16. The first kappa shape index (κ1) is 20.0. The maximum absolute atomic E-state index is 11.1. The molecule has 2 aromatic carbocycles. The van der Waals surface area contributed by atoms with Crippen LogP contribution >= 0.6 is 0 Å². The van der Waals surface area contributed by atoms with Crippen LogP contribution in [0, 0.1) is 0 Å². The normalized spacial score (nSPS) is 11.9. The fraction of sp³-hybridized carbons (Fsp3) is 0.200. The van der Waals surface area contributed by atoms with Crippen LogP contribution in [0.15, 0.2) is 60.9 Å². The van der Waals surface area contributed by atoms with Gasteiger partial charge >= 0.3 is 11.9 Å². The van der Waals surface area contributed by atoms with Crippen molar-refractivity contribution in [3.05, 3.63) is 72.0 Å². The van der Waals surface area contributed by atoms with E-state index in [-0.39, 0.29) is 24.3 Å². The van der Waals surface area contributed by atoms with E-state index in [1.165, 1.54) is 19.4 Å². The van der Waals surface area contributed by atoms with Crippen molar-refractivity contribution in [1.29, 1.82) is 0 Å². The molecule has 27 heavy (non-hydrogen) atoms. The Kier molecular flexibility index (Phi) is 7.39. The maximum Gasteiger partial charge on any atom is 0.339 e. The molecule has 2 aromatic rings. The molecular weight excluding hydrogens is 352 g/mol. The van der Waals surface area contributed by atoms with Gasteiger partial charge in [0.1, 0.15) is 23.7 Å². The maximum atomic E-state index is 11.1. The Balaban J connectivity index is 1.83. The van der Waals surface area contributed by atoms with E-state index in [0.717, 1.165) is 5.56 Å². The minimum atomic E-state index is -1.05. The van der Waals surface area contributed by atoms with Gasteiger partial charge in [-0.3, -0.25) is 0 Å². The molecule has 1 atom stereocenters. The van der Waals surface area contributed by atoms with Gasteiger partial charge in [-0.2, -0.15) is 0 Å². The SMILES string of the molecule is CO[C@@H](Cc1ccc(O/C=C/COc2ccccc2C(=O)O)cc1)C(=O)O. The van der Waals surface area contributed by atoms with Crippen molar-refractivity contribution in [3.63, 3.8) is 0 Å². The van der Waals surface area contributed by atoms with E-state index < -0.39 is 18.0 Å². The Bertz CT molecular complexity index is 796. The molecule has 0 aromatic heterocycles. The van der Waals surface area contributed by atoms with Crippen LogP contribution in [-0.2, 0) is 16.0 Å². The molecule has 0 aliphatic carbocycles. The number of hydrogen-bond acceptors (Lipinski definition) is 5. The number of ether oxygens (including phenoxy) is 3. The van der Waals surface area contributed by atoms with E-state index >= 15 is 0 Å². The summed E-state index contributed by atoms with van der Waals surface area (Å²) in [6, 6.07) is 13.3. The Labute approximate surface area is 156 Å². The zero-order valence-corrected chi connectivity index (χ0v) is 14.7. The first-order chi connectivity index (χ1) is 13.0. The summed E-state index contributed by atoms with van der Waals surface area (Å²) < 4.78 is 15.8. The highest BCUT2D eigenvalue weighted by Gasteiger charge is 2.16. The van der Waals surface area contributed by atoms with Gasteiger partial charge in [0.15, 0.2) is 6.10 Å². The van der Waals surface area contributed by atoms with Gasteiger partial charge in [-0.15, -0.1) is 0 Å². The standard InChI is InChI=1S/C20H20O7/c1-25-18(20(23)24)13-14-7-9-15(10-8-14)26-11-4-12-27-17-6-3-2-5-16(17)19(21)22/h2-11,18H,12-13H2,1H3,(H,21,22)(H,23,24)/b11-4+/t18-/m0/s1. The zero-order valence-electron chi connectivity index (χ0n) is 14.7. The molecule has 0 saturated heterocycles. The molecule has 0 aliphatic heterocycles. The Morgan fingerprint density at radius 1 is 1.07 bits per heavy atom. The average Bonchev–Trinajstić information content (AvgIpc) is 2.66. The van der Waals surface area contributed by atoms with Gasteiger partial charge in [-0.25, -0.2) is 9.59 Å². The van der Waals surface area contributed by atoms with Gasteiger partial charge < -0.3 is 24.4 Å². The molecule has 0 saturated carbocycles. The monoisotopic (exact) mass is 372 g/mol. The third-order valence-electron chi connectivity index (χ3n) is 3.66. The first-order valence-corrected chi connectivity index (χ1v) is 8.12. The number of benzene rings is 2. The van der Waals surface area contributed by atoms with Crippen LogP contribution in [-0.4, -0.2) is 42.0 Å². The summed E-state index contributed by atoms with van der Waals surface area (Å²) in [5.41, 5.74) is 0.910. The van der Waals surface area contributed by atoms with Gasteiger partial charge in [0, 0.05) is 13.5 Å². The van der Waals surface area contributed by atoms with Gasteiger partial charge in [0.05, 0.1) is 6.26 Å². The molecule has 0 unspecified atom stereocenters. The molecule has 0 bridgehead atoms. The molecular formula is C20H20O7. The second kappa shape index (κ2) is 9.98. The second-order valence-corrected chi connectivity index (χ2v) is 5.51. The van der Waals surface area contributed by atoms with Crippen LogP contribution in [0.2, 0.25) is 0 Å². The summed E-state index contributed by atoms with van der Waals surface area (Å²) in [7, 11) is 1.36. The number of aromatic carboxylic acids is 1. The van der Waals surface area contributed by atoms with Crippen molar-refractivity contribution in [2.45, 2.75) is 12.5 Å². The van der Waals surface area contributed by atoms with Crippen molar-refractivity contribution in [3.8, 4) is 11.5 Å². The molecule has 2 N–H and O–H groups in total. The van der Waals surface area contributed by atoms with Gasteiger partial charge in [0.25, 0.3) is 0 Å². The van der Waals surface area contributed by atoms with Crippen LogP contribution in [0.1, 0.15) is 15.9 Å². The molecule has 7 heteroatoms. The number of methoxy groups -OCH3 is 1. The smallest absolute Gasteiger partial charge is 0.339 e. The highest BCUT2D eigenvalue weighted by Crippen LogP contribution is 2.18. The van der Waals surface area contributed by atoms with Crippen molar-refractivity contribution < 1.29 is 34.0 Å². The van der Waals surface area contributed by atoms with Crippen molar-refractivity contribution >= 4 is 11.9 Å². The highest BCUT2D eigenvalue weighted by atomic mass is 16.5. The molecule has 0 radical (unpaired) electrons. The lowest BCUT2D eigenvalue weighted by molar-refractivity contribution is -0.148. The summed E-state index contributed by atoms with van der Waals surface area (Å²) in [5, 5.41) is 18.1. The number of aliphatic carboxylic acids is 1. The minimum absolute atomic E-state index is 0.0955. The molecule has 0 amide bonds. The van der Waals surface area contributed by atoms with Crippen molar-refractivity contribution in [2.24, 2.45) is 0 Å². The molecule has 0 heterocycles. The molecule has 142 valence electrons. The van der Waals surface area contributed by atoms with Gasteiger partial charge in [-0.05, 0) is 35.9 Å². The van der Waals surface area contributed by atoms with Crippen molar-refractivity contribution in [1.82, 2.24) is 0 Å². The third-order valence-corrected chi connectivity index (χ3v) is 3.66. The lowest BCUT2D eigenvalue weighted by Crippen LogP contribution is -2.24. The molecule has 2 rings (SSSR count). The molecule has 0 spiro atoms. The van der Waals surface area contributed by atoms with Crippen LogP contribution in [0.25, 0.3) is 0 Å².